The summed E-state index contributed by atoms with van der Waals surface area (Å²) in [6.45, 7) is 1.57. The highest BCUT2D eigenvalue weighted by atomic mass is 16.4. The maximum absolute atomic E-state index is 10.6. The van der Waals surface area contributed by atoms with Crippen LogP contribution in [0.5, 0.6) is 0 Å². The Morgan fingerprint density at radius 2 is 2.50 bits per heavy atom. The first-order chi connectivity index (χ1) is 5.66. The Bertz CT molecular complexity index is 282. The van der Waals surface area contributed by atoms with Crippen LogP contribution >= 0.6 is 0 Å². The average Bonchev–Trinajstić information content (AvgIpc) is 2.50. The highest BCUT2D eigenvalue weighted by Crippen LogP contribution is 2.07. The number of aliphatic hydroxyl groups excluding tert-OH is 1. The molecule has 1 rings (SSSR count). The van der Waals surface area contributed by atoms with Crippen molar-refractivity contribution in [3.05, 3.63) is 18.0 Å². The molecule has 66 valence electrons. The van der Waals surface area contributed by atoms with Gasteiger partial charge >= 0.3 is 5.97 Å². The predicted molar refractivity (Wildman–Crippen MR) is 41.0 cm³/mol. The lowest BCUT2D eigenvalue weighted by Gasteiger charge is -2.09. The minimum atomic E-state index is -1.03. The molecule has 0 aliphatic rings. The van der Waals surface area contributed by atoms with Crippen LogP contribution in [0, 0.1) is 0 Å². The molecule has 0 aromatic carbocycles. The van der Waals surface area contributed by atoms with Crippen molar-refractivity contribution in [2.75, 3.05) is 6.61 Å². The van der Waals surface area contributed by atoms with Crippen LogP contribution in [0.3, 0.4) is 0 Å². The molecule has 0 aliphatic heterocycles. The lowest BCUT2D eigenvalue weighted by molar-refractivity contribution is 0.0677. The van der Waals surface area contributed by atoms with Crippen molar-refractivity contribution in [2.24, 2.45) is 0 Å². The molecular formula is C7H10N2O3. The minimum Gasteiger partial charge on any atom is -0.477 e. The first-order valence-electron chi connectivity index (χ1n) is 3.54. The van der Waals surface area contributed by atoms with E-state index in [4.69, 9.17) is 10.2 Å². The molecule has 0 fully saturated rings. The van der Waals surface area contributed by atoms with Crippen LogP contribution in [0.25, 0.3) is 0 Å². The lowest BCUT2D eigenvalue weighted by atomic mass is 10.3. The average molecular weight is 170 g/mol. The van der Waals surface area contributed by atoms with Gasteiger partial charge in [-0.25, -0.2) is 4.79 Å². The number of carboxylic acid groups (broad SMARTS) is 1. The predicted octanol–water partition coefficient (Wildman–Crippen LogP) is 0.135. The number of hydrogen-bond acceptors (Lipinski definition) is 3. The molecule has 1 heterocycles. The van der Waals surface area contributed by atoms with Crippen molar-refractivity contribution in [1.82, 2.24) is 9.78 Å². The Morgan fingerprint density at radius 3 is 3.00 bits per heavy atom. The summed E-state index contributed by atoms with van der Waals surface area (Å²) in [5, 5.41) is 21.2. The summed E-state index contributed by atoms with van der Waals surface area (Å²) in [5.41, 5.74) is 0.0940. The van der Waals surface area contributed by atoms with Gasteiger partial charge in [0, 0.05) is 6.20 Å². The number of aliphatic hydroxyl groups is 1. The Morgan fingerprint density at radius 1 is 1.83 bits per heavy atom. The largest absolute Gasteiger partial charge is 0.477 e. The van der Waals surface area contributed by atoms with Gasteiger partial charge in [-0.05, 0) is 13.0 Å². The highest BCUT2D eigenvalue weighted by molar-refractivity contribution is 5.85. The molecule has 0 spiro atoms. The normalized spacial score (nSPS) is 12.8. The van der Waals surface area contributed by atoms with Gasteiger partial charge in [-0.3, -0.25) is 4.68 Å². The Balaban J connectivity index is 2.98. The maximum Gasteiger partial charge on any atom is 0.354 e. The first kappa shape index (κ1) is 8.73. The number of hydrogen-bond donors (Lipinski definition) is 2. The van der Waals surface area contributed by atoms with Crippen molar-refractivity contribution in [1.29, 1.82) is 0 Å². The highest BCUT2D eigenvalue weighted by Gasteiger charge is 2.13. The molecule has 0 saturated carbocycles. The number of aromatic nitrogens is 2. The van der Waals surface area contributed by atoms with E-state index in [2.05, 4.69) is 5.10 Å². The maximum atomic E-state index is 10.6. The number of rotatable bonds is 3. The Hall–Kier alpha value is -1.36. The zero-order chi connectivity index (χ0) is 9.14. The van der Waals surface area contributed by atoms with E-state index < -0.39 is 5.97 Å². The second-order valence-corrected chi connectivity index (χ2v) is 2.50. The Kier molecular flexibility index (Phi) is 2.44. The minimum absolute atomic E-state index is 0.0940. The number of carbonyl (C=O) groups is 1. The molecule has 0 unspecified atom stereocenters. The molecule has 0 bridgehead atoms. The molecule has 0 aliphatic carbocycles. The van der Waals surface area contributed by atoms with Gasteiger partial charge in [0.25, 0.3) is 0 Å². The molecule has 2 N–H and O–H groups in total. The van der Waals surface area contributed by atoms with Crippen molar-refractivity contribution >= 4 is 5.97 Å². The fraction of sp³-hybridized carbons (Fsp3) is 0.429. The summed E-state index contributed by atoms with van der Waals surface area (Å²) in [6, 6.07) is 1.10. The summed E-state index contributed by atoms with van der Waals surface area (Å²) < 4.78 is 1.28. The van der Waals surface area contributed by atoms with Crippen LogP contribution in [-0.2, 0) is 0 Å². The number of aromatic carboxylic acids is 1. The molecule has 5 nitrogen and oxygen atoms in total. The number of nitrogens with zero attached hydrogens (tertiary/aromatic N) is 2. The standard InChI is InChI=1S/C7H10N2O3/c1-5(4-10)9-6(7(11)12)2-3-8-9/h2-3,5,10H,4H2,1H3,(H,11,12)/t5-/m0/s1. The lowest BCUT2D eigenvalue weighted by Crippen LogP contribution is -2.16. The van der Waals surface area contributed by atoms with Crippen molar-refractivity contribution in [2.45, 2.75) is 13.0 Å². The van der Waals surface area contributed by atoms with E-state index in [1.165, 1.54) is 16.9 Å². The van der Waals surface area contributed by atoms with Gasteiger partial charge in [0.2, 0.25) is 0 Å². The van der Waals surface area contributed by atoms with Gasteiger partial charge in [-0.1, -0.05) is 0 Å². The summed E-state index contributed by atoms with van der Waals surface area (Å²) in [4.78, 5) is 10.6. The summed E-state index contributed by atoms with van der Waals surface area (Å²) >= 11 is 0. The van der Waals surface area contributed by atoms with Crippen LogP contribution in [0.1, 0.15) is 23.5 Å². The van der Waals surface area contributed by atoms with E-state index in [0.29, 0.717) is 0 Å². The molecular weight excluding hydrogens is 160 g/mol. The van der Waals surface area contributed by atoms with E-state index >= 15 is 0 Å². The van der Waals surface area contributed by atoms with Crippen molar-refractivity contribution in [3.8, 4) is 0 Å². The molecule has 1 aromatic heterocycles. The van der Waals surface area contributed by atoms with Crippen molar-refractivity contribution < 1.29 is 15.0 Å². The van der Waals surface area contributed by atoms with Crippen LogP contribution in [0.2, 0.25) is 0 Å². The van der Waals surface area contributed by atoms with Crippen LogP contribution < -0.4 is 0 Å². The van der Waals surface area contributed by atoms with Crippen LogP contribution in [0.15, 0.2) is 12.3 Å². The van der Waals surface area contributed by atoms with E-state index in [0.717, 1.165) is 0 Å². The second kappa shape index (κ2) is 3.36. The first-order valence-corrected chi connectivity index (χ1v) is 3.54. The summed E-state index contributed by atoms with van der Waals surface area (Å²) in [6.07, 6.45) is 1.40. The Labute approximate surface area is 69.2 Å². The van der Waals surface area contributed by atoms with E-state index in [1.807, 2.05) is 0 Å². The molecule has 1 atom stereocenters. The smallest absolute Gasteiger partial charge is 0.354 e. The number of carboxylic acids is 1. The third kappa shape index (κ3) is 1.45. The van der Waals surface area contributed by atoms with Gasteiger partial charge in [0.05, 0.1) is 12.6 Å². The molecule has 0 amide bonds. The van der Waals surface area contributed by atoms with Crippen LogP contribution in [-0.4, -0.2) is 32.6 Å². The molecule has 0 saturated heterocycles. The van der Waals surface area contributed by atoms with Crippen LogP contribution in [0.4, 0.5) is 0 Å². The summed E-state index contributed by atoms with van der Waals surface area (Å²) in [7, 11) is 0. The molecule has 1 aromatic rings. The SMILES string of the molecule is C[C@@H](CO)n1nccc1C(=O)O. The van der Waals surface area contributed by atoms with Gasteiger partial charge < -0.3 is 10.2 Å². The van der Waals surface area contributed by atoms with Gasteiger partial charge in [-0.2, -0.15) is 5.10 Å². The van der Waals surface area contributed by atoms with Gasteiger partial charge in [0.1, 0.15) is 5.69 Å². The molecule has 12 heavy (non-hydrogen) atoms. The third-order valence-electron chi connectivity index (χ3n) is 1.57. The monoisotopic (exact) mass is 170 g/mol. The molecule has 5 heteroatoms. The van der Waals surface area contributed by atoms with Gasteiger partial charge in [0.15, 0.2) is 0 Å². The van der Waals surface area contributed by atoms with E-state index in [1.54, 1.807) is 6.92 Å². The zero-order valence-corrected chi connectivity index (χ0v) is 6.64. The molecule has 0 radical (unpaired) electrons. The van der Waals surface area contributed by atoms with E-state index in [-0.39, 0.29) is 18.3 Å². The fourth-order valence-electron chi connectivity index (χ4n) is 0.912. The zero-order valence-electron chi connectivity index (χ0n) is 6.64. The quantitative estimate of drug-likeness (QED) is 0.676. The third-order valence-corrected chi connectivity index (χ3v) is 1.57. The topological polar surface area (TPSA) is 75.3 Å². The van der Waals surface area contributed by atoms with E-state index in [9.17, 15) is 4.79 Å². The summed E-state index contributed by atoms with van der Waals surface area (Å²) in [5.74, 6) is -1.03. The second-order valence-electron chi connectivity index (χ2n) is 2.50. The fourth-order valence-corrected chi connectivity index (χ4v) is 0.912. The van der Waals surface area contributed by atoms with Gasteiger partial charge in [-0.15, -0.1) is 0 Å². The van der Waals surface area contributed by atoms with Crippen molar-refractivity contribution in [3.63, 3.8) is 0 Å².